The van der Waals surface area contributed by atoms with Crippen molar-refractivity contribution >= 4 is 23.5 Å². The summed E-state index contributed by atoms with van der Waals surface area (Å²) in [6.45, 7) is 1.15. The number of hydrogen-bond acceptors (Lipinski definition) is 6. The first-order chi connectivity index (χ1) is 12.0. The number of anilines is 1. The molecule has 7 nitrogen and oxygen atoms in total. The molecule has 0 heterocycles. The number of rotatable bonds is 7. The van der Waals surface area contributed by atoms with Gasteiger partial charge >= 0.3 is 5.97 Å². The van der Waals surface area contributed by atoms with E-state index < -0.39 is 12.6 Å². The van der Waals surface area contributed by atoms with E-state index in [0.717, 1.165) is 0 Å². The fraction of sp³-hybridized carbons (Fsp3) is 0.167. The quantitative estimate of drug-likeness (QED) is 0.602. The molecule has 0 aliphatic carbocycles. The van der Waals surface area contributed by atoms with Gasteiger partial charge in [-0.05, 0) is 48.5 Å². The summed E-state index contributed by atoms with van der Waals surface area (Å²) in [5.74, 6) is -1.28. The first-order valence-corrected chi connectivity index (χ1v) is 7.52. The van der Waals surface area contributed by atoms with Crippen molar-refractivity contribution in [3.05, 3.63) is 54.1 Å². The minimum Gasteiger partial charge on any atom is -0.546 e. The van der Waals surface area contributed by atoms with Crippen molar-refractivity contribution in [1.29, 1.82) is 0 Å². The van der Waals surface area contributed by atoms with Gasteiger partial charge in [-0.15, -0.1) is 0 Å². The Hall–Kier alpha value is -3.35. The lowest BCUT2D eigenvalue weighted by atomic mass is 10.2. The maximum Gasteiger partial charge on any atom is 0.310 e. The predicted octanol–water partition coefficient (Wildman–Crippen LogP) is 1.38. The molecule has 25 heavy (non-hydrogen) atoms. The number of carbonyl (C=O) groups is 3. The van der Waals surface area contributed by atoms with Crippen LogP contribution in [-0.4, -0.2) is 24.5 Å². The third-order valence-corrected chi connectivity index (χ3v) is 3.11. The Bertz CT molecular complexity index is 752. The van der Waals surface area contributed by atoms with E-state index in [9.17, 15) is 19.5 Å². The SMILES string of the molecule is CCC(=O)Oc1ccc(C(=O)Nc2ccc(OCC(=O)[O-])cc2)cc1. The van der Waals surface area contributed by atoms with Crippen LogP contribution in [-0.2, 0) is 9.59 Å². The number of nitrogens with one attached hydrogen (secondary N) is 1. The van der Waals surface area contributed by atoms with Crippen molar-refractivity contribution < 1.29 is 29.0 Å². The monoisotopic (exact) mass is 342 g/mol. The summed E-state index contributed by atoms with van der Waals surface area (Å²) in [6, 6.07) is 12.4. The van der Waals surface area contributed by atoms with Crippen LogP contribution < -0.4 is 19.9 Å². The van der Waals surface area contributed by atoms with Gasteiger partial charge < -0.3 is 24.7 Å². The lowest BCUT2D eigenvalue weighted by molar-refractivity contribution is -0.307. The van der Waals surface area contributed by atoms with Gasteiger partial charge in [0.2, 0.25) is 0 Å². The number of hydrogen-bond donors (Lipinski definition) is 1. The van der Waals surface area contributed by atoms with E-state index in [2.05, 4.69) is 5.32 Å². The topological polar surface area (TPSA) is 105 Å². The highest BCUT2D eigenvalue weighted by Gasteiger charge is 2.08. The van der Waals surface area contributed by atoms with Gasteiger partial charge in [0.15, 0.2) is 0 Å². The molecular weight excluding hydrogens is 326 g/mol. The molecule has 0 atom stereocenters. The van der Waals surface area contributed by atoms with Crippen molar-refractivity contribution in [1.82, 2.24) is 0 Å². The smallest absolute Gasteiger partial charge is 0.310 e. The molecule has 0 aliphatic rings. The number of amides is 1. The average Bonchev–Trinajstić information content (AvgIpc) is 2.61. The highest BCUT2D eigenvalue weighted by atomic mass is 16.5. The third-order valence-electron chi connectivity index (χ3n) is 3.11. The standard InChI is InChI=1S/C18H17NO6/c1-2-17(22)25-15-7-3-12(4-8-15)18(23)19-13-5-9-14(10-6-13)24-11-16(20)21/h3-10H,2,11H2,1H3,(H,19,23)(H,20,21)/p-1. The van der Waals surface area contributed by atoms with Gasteiger partial charge in [0, 0.05) is 17.7 Å². The van der Waals surface area contributed by atoms with Crippen molar-refractivity contribution in [3.8, 4) is 11.5 Å². The van der Waals surface area contributed by atoms with Gasteiger partial charge in [0.05, 0.1) is 5.97 Å². The molecule has 0 bridgehead atoms. The van der Waals surface area contributed by atoms with Gasteiger partial charge in [-0.25, -0.2) is 0 Å². The van der Waals surface area contributed by atoms with E-state index in [4.69, 9.17) is 9.47 Å². The number of carbonyl (C=O) groups excluding carboxylic acids is 3. The van der Waals surface area contributed by atoms with Crippen molar-refractivity contribution in [2.75, 3.05) is 11.9 Å². The highest BCUT2D eigenvalue weighted by molar-refractivity contribution is 6.04. The van der Waals surface area contributed by atoms with E-state index in [1.807, 2.05) is 0 Å². The fourth-order valence-electron chi connectivity index (χ4n) is 1.86. The lowest BCUT2D eigenvalue weighted by Crippen LogP contribution is -2.28. The number of aliphatic carboxylic acids is 1. The molecule has 130 valence electrons. The predicted molar refractivity (Wildman–Crippen MR) is 87.3 cm³/mol. The fourth-order valence-corrected chi connectivity index (χ4v) is 1.86. The highest BCUT2D eigenvalue weighted by Crippen LogP contribution is 2.18. The minimum absolute atomic E-state index is 0.269. The molecule has 0 aliphatic heterocycles. The van der Waals surface area contributed by atoms with E-state index >= 15 is 0 Å². The Kier molecular flexibility index (Phi) is 6.11. The van der Waals surface area contributed by atoms with Crippen LogP contribution in [0.4, 0.5) is 5.69 Å². The zero-order chi connectivity index (χ0) is 18.2. The van der Waals surface area contributed by atoms with E-state index in [0.29, 0.717) is 22.7 Å². The molecule has 0 radical (unpaired) electrons. The maximum absolute atomic E-state index is 12.2. The second-order valence-electron chi connectivity index (χ2n) is 4.99. The number of ether oxygens (including phenoxy) is 2. The Morgan fingerprint density at radius 2 is 1.56 bits per heavy atom. The van der Waals surface area contributed by atoms with Gasteiger partial charge in [-0.1, -0.05) is 6.92 Å². The van der Waals surface area contributed by atoms with Crippen LogP contribution in [0.5, 0.6) is 11.5 Å². The molecule has 2 aromatic rings. The first kappa shape index (κ1) is 18.0. The van der Waals surface area contributed by atoms with Gasteiger partial charge in [-0.3, -0.25) is 9.59 Å². The second-order valence-corrected chi connectivity index (χ2v) is 4.99. The number of benzene rings is 2. The largest absolute Gasteiger partial charge is 0.546 e. The first-order valence-electron chi connectivity index (χ1n) is 7.52. The third kappa shape index (κ3) is 5.65. The summed E-state index contributed by atoms with van der Waals surface area (Å²) in [5.41, 5.74) is 0.917. The van der Waals surface area contributed by atoms with Crippen molar-refractivity contribution in [3.63, 3.8) is 0 Å². The Morgan fingerprint density at radius 1 is 0.960 bits per heavy atom. The number of carboxylic acid groups (broad SMARTS) is 1. The maximum atomic E-state index is 12.2. The van der Waals surface area contributed by atoms with Crippen LogP contribution in [0.15, 0.2) is 48.5 Å². The van der Waals surface area contributed by atoms with Crippen LogP contribution in [0, 0.1) is 0 Å². The second kappa shape index (κ2) is 8.49. The molecule has 7 heteroatoms. The Labute approximate surface area is 144 Å². The van der Waals surface area contributed by atoms with E-state index in [-0.39, 0.29) is 18.3 Å². The van der Waals surface area contributed by atoms with E-state index in [1.165, 1.54) is 12.1 Å². The van der Waals surface area contributed by atoms with Crippen LogP contribution in [0.25, 0.3) is 0 Å². The molecule has 1 amide bonds. The van der Waals surface area contributed by atoms with Crippen LogP contribution in [0.1, 0.15) is 23.7 Å². The molecule has 0 saturated heterocycles. The summed E-state index contributed by atoms with van der Waals surface area (Å²) < 4.78 is 9.99. The van der Waals surface area contributed by atoms with Crippen molar-refractivity contribution in [2.24, 2.45) is 0 Å². The molecule has 0 aromatic heterocycles. The van der Waals surface area contributed by atoms with Crippen molar-refractivity contribution in [2.45, 2.75) is 13.3 Å². The minimum atomic E-state index is -1.31. The molecule has 0 fully saturated rings. The molecule has 2 aromatic carbocycles. The molecule has 0 saturated carbocycles. The zero-order valence-corrected chi connectivity index (χ0v) is 13.5. The molecule has 0 spiro atoms. The van der Waals surface area contributed by atoms with E-state index in [1.54, 1.807) is 43.3 Å². The van der Waals surface area contributed by atoms with Gasteiger partial charge in [0.25, 0.3) is 5.91 Å². The summed E-state index contributed by atoms with van der Waals surface area (Å²) in [7, 11) is 0. The van der Waals surface area contributed by atoms with Crippen LogP contribution in [0.3, 0.4) is 0 Å². The Balaban J connectivity index is 1.94. The summed E-state index contributed by atoms with van der Waals surface area (Å²) in [4.78, 5) is 33.7. The molecule has 2 rings (SSSR count). The summed E-state index contributed by atoms with van der Waals surface area (Å²) in [6.07, 6.45) is 0.269. The molecular formula is C18H16NO6-. The van der Waals surface area contributed by atoms with Gasteiger partial charge in [0.1, 0.15) is 18.1 Å². The number of carboxylic acids is 1. The Morgan fingerprint density at radius 3 is 2.12 bits per heavy atom. The zero-order valence-electron chi connectivity index (χ0n) is 13.5. The number of esters is 1. The molecule has 0 unspecified atom stereocenters. The molecule has 1 N–H and O–H groups in total. The normalized spacial score (nSPS) is 9.96. The van der Waals surface area contributed by atoms with Crippen LogP contribution >= 0.6 is 0 Å². The average molecular weight is 342 g/mol. The summed E-state index contributed by atoms with van der Waals surface area (Å²) in [5, 5.41) is 13.0. The van der Waals surface area contributed by atoms with Gasteiger partial charge in [-0.2, -0.15) is 0 Å². The van der Waals surface area contributed by atoms with Crippen LogP contribution in [0.2, 0.25) is 0 Å². The lowest BCUT2D eigenvalue weighted by Gasteiger charge is -2.09. The summed E-state index contributed by atoms with van der Waals surface area (Å²) >= 11 is 0.